The van der Waals surface area contributed by atoms with E-state index in [0.29, 0.717) is 18.7 Å². The highest BCUT2D eigenvalue weighted by Crippen LogP contribution is 2.29. The zero-order valence-electron chi connectivity index (χ0n) is 17.8. The van der Waals surface area contributed by atoms with E-state index in [1.807, 2.05) is 29.2 Å². The monoisotopic (exact) mass is 423 g/mol. The fourth-order valence-corrected chi connectivity index (χ4v) is 4.37. The highest BCUT2D eigenvalue weighted by Gasteiger charge is 2.28. The third kappa shape index (κ3) is 4.18. The molecule has 0 bridgehead atoms. The number of piperazine rings is 1. The van der Waals surface area contributed by atoms with Gasteiger partial charge in [0.05, 0.1) is 11.7 Å². The number of rotatable bonds is 5. The molecule has 0 unspecified atom stereocenters. The van der Waals surface area contributed by atoms with Crippen LogP contribution in [0.1, 0.15) is 27.5 Å². The second kappa shape index (κ2) is 9.16. The lowest BCUT2D eigenvalue weighted by Gasteiger charge is -2.39. The zero-order chi connectivity index (χ0) is 21.8. The van der Waals surface area contributed by atoms with Crippen LogP contribution in [-0.2, 0) is 0 Å². The summed E-state index contributed by atoms with van der Waals surface area (Å²) in [4.78, 5) is 21.6. The van der Waals surface area contributed by atoms with Gasteiger partial charge in [0, 0.05) is 31.7 Å². The van der Waals surface area contributed by atoms with Gasteiger partial charge in [-0.2, -0.15) is 5.10 Å². The molecule has 1 amide bonds. The molecule has 1 aliphatic heterocycles. The predicted molar refractivity (Wildman–Crippen MR) is 124 cm³/mol. The molecule has 1 aliphatic rings. The number of aromatic nitrogens is 3. The number of nitrogens with zero attached hydrogens (tertiary/aromatic N) is 5. The number of hydrogen-bond acceptors (Lipinski definition) is 4. The van der Waals surface area contributed by atoms with Crippen LogP contribution in [0.5, 0.6) is 0 Å². The van der Waals surface area contributed by atoms with Crippen LogP contribution in [0, 0.1) is 0 Å². The second-order valence-corrected chi connectivity index (χ2v) is 7.94. The number of amides is 1. The van der Waals surface area contributed by atoms with Crippen LogP contribution < -0.4 is 0 Å². The van der Waals surface area contributed by atoms with Crippen molar-refractivity contribution in [1.29, 1.82) is 0 Å². The molecule has 3 aromatic carbocycles. The first-order valence-corrected chi connectivity index (χ1v) is 10.9. The summed E-state index contributed by atoms with van der Waals surface area (Å²) >= 11 is 0. The van der Waals surface area contributed by atoms with Crippen LogP contribution >= 0.6 is 0 Å². The van der Waals surface area contributed by atoms with E-state index in [1.54, 1.807) is 11.0 Å². The van der Waals surface area contributed by atoms with Crippen molar-refractivity contribution in [3.8, 4) is 5.69 Å². The van der Waals surface area contributed by atoms with Gasteiger partial charge in [-0.15, -0.1) is 0 Å². The standard InChI is InChI=1S/C26H25N5O/c32-26(23-12-7-13-24(18-23)31-20-27-19-28-31)30-16-14-29(15-17-30)25(21-8-3-1-4-9-21)22-10-5-2-6-11-22/h1-13,18-20,25H,14-17H2. The Morgan fingerprint density at radius 3 is 2.03 bits per heavy atom. The van der Waals surface area contributed by atoms with Gasteiger partial charge >= 0.3 is 0 Å². The highest BCUT2D eigenvalue weighted by molar-refractivity contribution is 5.94. The Balaban J connectivity index is 1.32. The molecule has 5 rings (SSSR count). The van der Waals surface area contributed by atoms with Crippen LogP contribution in [0.15, 0.2) is 97.6 Å². The highest BCUT2D eigenvalue weighted by atomic mass is 16.2. The summed E-state index contributed by atoms with van der Waals surface area (Å²) < 4.78 is 1.67. The molecule has 6 heteroatoms. The van der Waals surface area contributed by atoms with E-state index >= 15 is 0 Å². The van der Waals surface area contributed by atoms with E-state index in [9.17, 15) is 4.79 Å². The Bertz CT molecular complexity index is 1110. The zero-order valence-corrected chi connectivity index (χ0v) is 17.8. The molecule has 0 N–H and O–H groups in total. The van der Waals surface area contributed by atoms with Crippen LogP contribution in [0.4, 0.5) is 0 Å². The average Bonchev–Trinajstić information content (AvgIpc) is 3.41. The Hall–Kier alpha value is -3.77. The van der Waals surface area contributed by atoms with Gasteiger partial charge in [-0.05, 0) is 29.3 Å². The number of benzene rings is 3. The average molecular weight is 424 g/mol. The molecule has 32 heavy (non-hydrogen) atoms. The maximum absolute atomic E-state index is 13.2. The minimum Gasteiger partial charge on any atom is -0.336 e. The van der Waals surface area contributed by atoms with Gasteiger partial charge < -0.3 is 4.90 Å². The van der Waals surface area contributed by atoms with E-state index < -0.39 is 0 Å². The van der Waals surface area contributed by atoms with Crippen molar-refractivity contribution in [2.24, 2.45) is 0 Å². The van der Waals surface area contributed by atoms with Gasteiger partial charge in [0.15, 0.2) is 0 Å². The number of carbonyl (C=O) groups excluding carboxylic acids is 1. The van der Waals surface area contributed by atoms with Gasteiger partial charge in [0.1, 0.15) is 12.7 Å². The van der Waals surface area contributed by atoms with Crippen LogP contribution in [0.25, 0.3) is 5.69 Å². The summed E-state index contributed by atoms with van der Waals surface area (Å²) in [5.41, 5.74) is 4.06. The lowest BCUT2D eigenvalue weighted by atomic mass is 9.96. The maximum atomic E-state index is 13.2. The molecule has 0 aliphatic carbocycles. The van der Waals surface area contributed by atoms with Crippen LogP contribution in [0.3, 0.4) is 0 Å². The summed E-state index contributed by atoms with van der Waals surface area (Å²) in [7, 11) is 0. The van der Waals surface area contributed by atoms with Gasteiger partial charge in [-0.3, -0.25) is 9.69 Å². The number of hydrogen-bond donors (Lipinski definition) is 0. The predicted octanol–water partition coefficient (Wildman–Crippen LogP) is 3.81. The Kier molecular flexibility index (Phi) is 5.77. The minimum atomic E-state index is 0.0580. The molecule has 1 fully saturated rings. The first-order chi connectivity index (χ1) is 15.8. The van der Waals surface area contributed by atoms with Crippen molar-refractivity contribution in [3.63, 3.8) is 0 Å². The van der Waals surface area contributed by atoms with Crippen molar-refractivity contribution >= 4 is 5.91 Å². The van der Waals surface area contributed by atoms with E-state index in [2.05, 4.69) is 75.6 Å². The van der Waals surface area contributed by atoms with Crippen molar-refractivity contribution in [2.75, 3.05) is 26.2 Å². The molecular formula is C26H25N5O. The fraction of sp³-hybridized carbons (Fsp3) is 0.192. The van der Waals surface area contributed by atoms with Crippen molar-refractivity contribution in [3.05, 3.63) is 114 Å². The molecule has 4 aromatic rings. The van der Waals surface area contributed by atoms with Crippen LogP contribution in [-0.4, -0.2) is 56.7 Å². The summed E-state index contributed by atoms with van der Waals surface area (Å²) in [5, 5.41) is 4.16. The summed E-state index contributed by atoms with van der Waals surface area (Å²) in [5.74, 6) is 0.0580. The smallest absolute Gasteiger partial charge is 0.254 e. The lowest BCUT2D eigenvalue weighted by Crippen LogP contribution is -2.49. The first kappa shape index (κ1) is 20.2. The van der Waals surface area contributed by atoms with Crippen molar-refractivity contribution in [2.45, 2.75) is 6.04 Å². The molecule has 1 aromatic heterocycles. The molecule has 1 saturated heterocycles. The maximum Gasteiger partial charge on any atom is 0.254 e. The van der Waals surface area contributed by atoms with Gasteiger partial charge in [0.25, 0.3) is 5.91 Å². The van der Waals surface area contributed by atoms with E-state index in [4.69, 9.17) is 0 Å². The normalized spacial score (nSPS) is 14.6. The number of carbonyl (C=O) groups is 1. The van der Waals surface area contributed by atoms with Crippen LogP contribution in [0.2, 0.25) is 0 Å². The summed E-state index contributed by atoms with van der Waals surface area (Å²) in [6, 6.07) is 28.9. The quantitative estimate of drug-likeness (QED) is 0.490. The SMILES string of the molecule is O=C(c1cccc(-n2cncn2)c1)N1CCN(C(c2ccccc2)c2ccccc2)CC1. The molecule has 0 saturated carbocycles. The van der Waals surface area contributed by atoms with E-state index in [0.717, 1.165) is 18.8 Å². The Morgan fingerprint density at radius 1 is 0.781 bits per heavy atom. The first-order valence-electron chi connectivity index (χ1n) is 10.9. The molecular weight excluding hydrogens is 398 g/mol. The van der Waals surface area contributed by atoms with E-state index in [-0.39, 0.29) is 11.9 Å². The third-order valence-corrected chi connectivity index (χ3v) is 5.97. The van der Waals surface area contributed by atoms with Gasteiger partial charge in [-0.1, -0.05) is 66.7 Å². The Labute approximate surface area is 187 Å². The van der Waals surface area contributed by atoms with E-state index in [1.165, 1.54) is 17.5 Å². The summed E-state index contributed by atoms with van der Waals surface area (Å²) in [6.45, 7) is 3.04. The molecule has 0 spiro atoms. The molecule has 0 radical (unpaired) electrons. The molecule has 160 valence electrons. The topological polar surface area (TPSA) is 54.3 Å². The molecule has 6 nitrogen and oxygen atoms in total. The van der Waals surface area contributed by atoms with Gasteiger partial charge in [0.2, 0.25) is 0 Å². The molecule has 0 atom stereocenters. The summed E-state index contributed by atoms with van der Waals surface area (Å²) in [6.07, 6.45) is 3.12. The lowest BCUT2D eigenvalue weighted by molar-refractivity contribution is 0.0597. The largest absolute Gasteiger partial charge is 0.336 e. The second-order valence-electron chi connectivity index (χ2n) is 7.94. The third-order valence-electron chi connectivity index (χ3n) is 5.97. The fourth-order valence-electron chi connectivity index (χ4n) is 4.37. The van der Waals surface area contributed by atoms with Crippen molar-refractivity contribution in [1.82, 2.24) is 24.6 Å². The minimum absolute atomic E-state index is 0.0580. The van der Waals surface area contributed by atoms with Crippen molar-refractivity contribution < 1.29 is 4.79 Å². The molecule has 2 heterocycles. The van der Waals surface area contributed by atoms with Gasteiger partial charge in [-0.25, -0.2) is 9.67 Å². The Morgan fingerprint density at radius 2 is 1.44 bits per heavy atom.